The third-order valence-corrected chi connectivity index (χ3v) is 6.04. The molecule has 0 aliphatic carbocycles. The third-order valence-electron chi connectivity index (χ3n) is 6.04. The second kappa shape index (κ2) is 7.92. The number of benzene rings is 2. The van der Waals surface area contributed by atoms with E-state index in [0.29, 0.717) is 22.3 Å². The first-order valence-corrected chi connectivity index (χ1v) is 11.2. The fourth-order valence-corrected chi connectivity index (χ4v) is 4.65. The van der Waals surface area contributed by atoms with E-state index in [9.17, 15) is 14.8 Å². The van der Waals surface area contributed by atoms with Gasteiger partial charge >= 0.3 is 0 Å². The Kier molecular flexibility index (Phi) is 5.14. The fraction of sp³-hybridized carbons (Fsp3) is 0.360. The zero-order chi connectivity index (χ0) is 24.2. The van der Waals surface area contributed by atoms with Gasteiger partial charge in [-0.3, -0.25) is 4.68 Å². The molecule has 1 atom stereocenters. The molecule has 2 aromatic carbocycles. The number of phenols is 1. The van der Waals surface area contributed by atoms with Crippen LogP contribution in [0.2, 0.25) is 0 Å². The van der Waals surface area contributed by atoms with Gasteiger partial charge in [-0.25, -0.2) is 14.4 Å². The number of nitrogens with zero attached hydrogens (tertiary/aromatic N) is 6. The summed E-state index contributed by atoms with van der Waals surface area (Å²) in [6.45, 7) is 8.28. The van der Waals surface area contributed by atoms with Gasteiger partial charge in [0.15, 0.2) is 23.1 Å². The summed E-state index contributed by atoms with van der Waals surface area (Å²) in [5.41, 5.74) is 1.97. The SMILES string of the molecule is Cn1cc2cc(-c3nc(C#N)c4cc(N5CCC(NC(C)(C)C)C5)ccc4n3)c(O)c(F)c2n1. The lowest BCUT2D eigenvalue weighted by atomic mass is 10.1. The van der Waals surface area contributed by atoms with E-state index >= 15 is 0 Å². The minimum Gasteiger partial charge on any atom is -0.504 e. The molecule has 1 fully saturated rings. The molecule has 174 valence electrons. The molecule has 1 unspecified atom stereocenters. The largest absolute Gasteiger partial charge is 0.504 e. The molecule has 1 aliphatic rings. The minimum atomic E-state index is -0.835. The number of aromatic nitrogens is 4. The van der Waals surface area contributed by atoms with Crippen molar-refractivity contribution in [2.45, 2.75) is 38.8 Å². The van der Waals surface area contributed by atoms with Crippen molar-refractivity contribution in [1.29, 1.82) is 5.26 Å². The van der Waals surface area contributed by atoms with Crippen molar-refractivity contribution in [3.05, 3.63) is 42.0 Å². The molecule has 1 saturated heterocycles. The summed E-state index contributed by atoms with van der Waals surface area (Å²) in [4.78, 5) is 11.2. The van der Waals surface area contributed by atoms with Gasteiger partial charge in [0.25, 0.3) is 0 Å². The second-order valence-electron chi connectivity index (χ2n) is 9.86. The van der Waals surface area contributed by atoms with Crippen molar-refractivity contribution in [1.82, 2.24) is 25.1 Å². The number of hydrogen-bond donors (Lipinski definition) is 2. The normalized spacial score (nSPS) is 16.5. The summed E-state index contributed by atoms with van der Waals surface area (Å²) in [5, 5.41) is 29.1. The summed E-state index contributed by atoms with van der Waals surface area (Å²) >= 11 is 0. The van der Waals surface area contributed by atoms with Gasteiger partial charge < -0.3 is 15.3 Å². The van der Waals surface area contributed by atoms with Gasteiger partial charge in [-0.2, -0.15) is 10.4 Å². The maximum atomic E-state index is 14.8. The number of aromatic hydroxyl groups is 1. The standard InChI is InChI=1S/C25H26FN7O/c1-25(2,3)30-15-7-8-33(13-15)16-5-6-19-17(10-16)20(11-27)29-24(28-19)18-9-14-12-32(4)31-22(14)21(26)23(18)34/h5-6,9-10,12,15,30,34H,7-8,13H2,1-4H3. The van der Waals surface area contributed by atoms with E-state index in [1.165, 1.54) is 4.68 Å². The first kappa shape index (κ1) is 22.0. The van der Waals surface area contributed by atoms with Crippen LogP contribution < -0.4 is 10.2 Å². The van der Waals surface area contributed by atoms with E-state index in [1.54, 1.807) is 19.3 Å². The van der Waals surface area contributed by atoms with Crippen molar-refractivity contribution in [3.63, 3.8) is 0 Å². The fourth-order valence-electron chi connectivity index (χ4n) is 4.65. The first-order valence-electron chi connectivity index (χ1n) is 11.2. The molecule has 9 heteroatoms. The monoisotopic (exact) mass is 459 g/mol. The van der Waals surface area contributed by atoms with Crippen molar-refractivity contribution in [2.24, 2.45) is 7.05 Å². The third kappa shape index (κ3) is 3.90. The van der Waals surface area contributed by atoms with Crippen LogP contribution >= 0.6 is 0 Å². The molecule has 2 N–H and O–H groups in total. The Labute approximate surface area is 196 Å². The Hall–Kier alpha value is -3.77. The van der Waals surface area contributed by atoms with Gasteiger partial charge in [0.1, 0.15) is 11.6 Å². The highest BCUT2D eigenvalue weighted by Crippen LogP contribution is 2.36. The number of fused-ring (bicyclic) bond motifs is 2. The van der Waals surface area contributed by atoms with E-state index in [1.807, 2.05) is 18.2 Å². The Morgan fingerprint density at radius 2 is 2.03 bits per heavy atom. The molecular formula is C25H26FN7O. The van der Waals surface area contributed by atoms with Crippen LogP contribution in [0.5, 0.6) is 5.75 Å². The predicted molar refractivity (Wildman–Crippen MR) is 129 cm³/mol. The van der Waals surface area contributed by atoms with Gasteiger partial charge in [0, 0.05) is 54.4 Å². The molecular weight excluding hydrogens is 433 g/mol. The van der Waals surface area contributed by atoms with Crippen molar-refractivity contribution >= 4 is 27.5 Å². The summed E-state index contributed by atoms with van der Waals surface area (Å²) in [6, 6.07) is 9.87. The highest BCUT2D eigenvalue weighted by molar-refractivity contribution is 5.91. The predicted octanol–water partition coefficient (Wildman–Crippen LogP) is 3.87. The average molecular weight is 460 g/mol. The van der Waals surface area contributed by atoms with Gasteiger partial charge in [-0.05, 0) is 51.5 Å². The highest BCUT2D eigenvalue weighted by Gasteiger charge is 2.26. The van der Waals surface area contributed by atoms with Crippen LogP contribution in [0.1, 0.15) is 32.9 Å². The molecule has 0 spiro atoms. The number of aryl methyl sites for hydroxylation is 1. The van der Waals surface area contributed by atoms with E-state index < -0.39 is 11.6 Å². The molecule has 1 aliphatic heterocycles. The van der Waals surface area contributed by atoms with E-state index in [4.69, 9.17) is 0 Å². The summed E-state index contributed by atoms with van der Waals surface area (Å²) in [5.74, 6) is -1.33. The maximum Gasteiger partial charge on any atom is 0.193 e. The van der Waals surface area contributed by atoms with Crippen LogP contribution in [0.3, 0.4) is 0 Å². The Balaban J connectivity index is 1.54. The number of nitriles is 1. The minimum absolute atomic E-state index is 0.0478. The second-order valence-corrected chi connectivity index (χ2v) is 9.86. The van der Waals surface area contributed by atoms with Crippen LogP contribution in [-0.4, -0.2) is 49.5 Å². The molecule has 2 aromatic heterocycles. The summed E-state index contributed by atoms with van der Waals surface area (Å²) in [7, 11) is 1.68. The van der Waals surface area contributed by atoms with Crippen LogP contribution in [0, 0.1) is 17.1 Å². The molecule has 5 rings (SSSR count). The van der Waals surface area contributed by atoms with Crippen molar-refractivity contribution in [2.75, 3.05) is 18.0 Å². The zero-order valence-electron chi connectivity index (χ0n) is 19.6. The van der Waals surface area contributed by atoms with Crippen LogP contribution in [-0.2, 0) is 7.05 Å². The lowest BCUT2D eigenvalue weighted by Gasteiger charge is -2.26. The summed E-state index contributed by atoms with van der Waals surface area (Å²) < 4.78 is 16.2. The Morgan fingerprint density at radius 1 is 1.24 bits per heavy atom. The molecule has 0 amide bonds. The van der Waals surface area contributed by atoms with Gasteiger partial charge in [-0.15, -0.1) is 0 Å². The molecule has 4 aromatic rings. The number of halogens is 1. The number of rotatable bonds is 3. The summed E-state index contributed by atoms with van der Waals surface area (Å²) in [6.07, 6.45) is 2.69. The van der Waals surface area contributed by atoms with Gasteiger partial charge in [-0.1, -0.05) is 0 Å². The van der Waals surface area contributed by atoms with Crippen molar-refractivity contribution in [3.8, 4) is 23.2 Å². The van der Waals surface area contributed by atoms with Crippen molar-refractivity contribution < 1.29 is 9.50 Å². The Morgan fingerprint density at radius 3 is 2.76 bits per heavy atom. The van der Waals surface area contributed by atoms with Crippen LogP contribution in [0.4, 0.5) is 10.1 Å². The topological polar surface area (TPSA) is 103 Å². The average Bonchev–Trinajstić information content (AvgIpc) is 3.40. The number of hydrogen-bond acceptors (Lipinski definition) is 7. The molecule has 0 saturated carbocycles. The smallest absolute Gasteiger partial charge is 0.193 e. The first-order chi connectivity index (χ1) is 16.1. The number of anilines is 1. The van der Waals surface area contributed by atoms with E-state index in [2.05, 4.69) is 52.1 Å². The molecule has 0 bridgehead atoms. The molecule has 34 heavy (non-hydrogen) atoms. The molecule has 3 heterocycles. The van der Waals surface area contributed by atoms with Crippen LogP contribution in [0.25, 0.3) is 33.2 Å². The zero-order valence-corrected chi connectivity index (χ0v) is 19.6. The highest BCUT2D eigenvalue weighted by atomic mass is 19.1. The molecule has 8 nitrogen and oxygen atoms in total. The number of phenolic OH excluding ortho intramolecular Hbond substituents is 1. The van der Waals surface area contributed by atoms with E-state index in [0.717, 1.165) is 25.2 Å². The maximum absolute atomic E-state index is 14.8. The van der Waals surface area contributed by atoms with E-state index in [-0.39, 0.29) is 28.1 Å². The number of nitrogens with one attached hydrogen (secondary N) is 1. The quantitative estimate of drug-likeness (QED) is 0.479. The lowest BCUT2D eigenvalue weighted by molar-refractivity contribution is 0.373. The van der Waals surface area contributed by atoms with Gasteiger partial charge in [0.05, 0.1) is 11.1 Å². The lowest BCUT2D eigenvalue weighted by Crippen LogP contribution is -2.44. The molecule has 0 radical (unpaired) electrons. The van der Waals surface area contributed by atoms with Crippen LogP contribution in [0.15, 0.2) is 30.5 Å². The Bertz CT molecular complexity index is 1460. The van der Waals surface area contributed by atoms with Gasteiger partial charge in [0.2, 0.25) is 0 Å².